The summed E-state index contributed by atoms with van der Waals surface area (Å²) >= 11 is 0. The van der Waals surface area contributed by atoms with Crippen molar-refractivity contribution in [3.63, 3.8) is 0 Å². The summed E-state index contributed by atoms with van der Waals surface area (Å²) in [7, 11) is 0. The molecule has 0 atom stereocenters. The van der Waals surface area contributed by atoms with Crippen LogP contribution in [0.1, 0.15) is 32.3 Å². The lowest BCUT2D eigenvalue weighted by atomic mass is 9.82. The Morgan fingerprint density at radius 2 is 1.74 bits per heavy atom. The van der Waals surface area contributed by atoms with E-state index in [0.29, 0.717) is 18.8 Å². The monoisotopic (exact) mass is 272 g/mol. The smallest absolute Gasteiger partial charge is 0.399 e. The van der Waals surface area contributed by atoms with Crippen molar-refractivity contribution in [2.45, 2.75) is 32.9 Å². The Bertz CT molecular complexity index is 456. The van der Waals surface area contributed by atoms with Crippen LogP contribution in [0.5, 0.6) is 0 Å². The first-order valence-corrected chi connectivity index (χ1v) is 6.41. The third kappa shape index (κ3) is 3.14. The third-order valence-corrected chi connectivity index (χ3v) is 3.78. The molecule has 1 saturated heterocycles. The van der Waals surface area contributed by atoms with Crippen LogP contribution in [-0.4, -0.2) is 13.1 Å². The molecule has 19 heavy (non-hydrogen) atoms. The molecule has 0 radical (unpaired) electrons. The van der Waals surface area contributed by atoms with E-state index in [1.807, 2.05) is 0 Å². The van der Waals surface area contributed by atoms with Gasteiger partial charge < -0.3 is 10.6 Å². The van der Waals surface area contributed by atoms with E-state index in [9.17, 15) is 13.2 Å². The van der Waals surface area contributed by atoms with Gasteiger partial charge in [0.2, 0.25) is 0 Å². The fourth-order valence-electron chi connectivity index (χ4n) is 2.40. The van der Waals surface area contributed by atoms with Crippen molar-refractivity contribution in [3.05, 3.63) is 23.8 Å². The van der Waals surface area contributed by atoms with E-state index in [1.54, 1.807) is 4.90 Å². The van der Waals surface area contributed by atoms with E-state index < -0.39 is 11.7 Å². The molecule has 0 unspecified atom stereocenters. The highest BCUT2D eigenvalue weighted by Crippen LogP contribution is 2.40. The Balaban J connectivity index is 2.32. The SMILES string of the molecule is CC1(C)CCN(c2cc(N)ccc2C(F)(F)F)CC1. The maximum atomic E-state index is 13.0. The number of benzene rings is 1. The Hall–Kier alpha value is -1.39. The molecular formula is C14H19F3N2. The zero-order valence-corrected chi connectivity index (χ0v) is 11.2. The van der Waals surface area contributed by atoms with Crippen LogP contribution in [0, 0.1) is 5.41 Å². The number of alkyl halides is 3. The molecule has 0 bridgehead atoms. The van der Waals surface area contributed by atoms with Gasteiger partial charge in [-0.3, -0.25) is 0 Å². The molecular weight excluding hydrogens is 253 g/mol. The summed E-state index contributed by atoms with van der Waals surface area (Å²) in [5, 5.41) is 0. The number of rotatable bonds is 1. The molecule has 106 valence electrons. The lowest BCUT2D eigenvalue weighted by Crippen LogP contribution is -2.38. The zero-order chi connectivity index (χ0) is 14.3. The van der Waals surface area contributed by atoms with E-state index in [0.717, 1.165) is 18.9 Å². The van der Waals surface area contributed by atoms with Crippen LogP contribution >= 0.6 is 0 Å². The number of halogens is 3. The van der Waals surface area contributed by atoms with Gasteiger partial charge in [0.25, 0.3) is 0 Å². The number of hydrogen-bond acceptors (Lipinski definition) is 2. The molecule has 0 spiro atoms. The summed E-state index contributed by atoms with van der Waals surface area (Å²) < 4.78 is 39.1. The molecule has 0 saturated carbocycles. The molecule has 1 aromatic rings. The Morgan fingerprint density at radius 1 is 1.16 bits per heavy atom. The molecule has 0 amide bonds. The fourth-order valence-corrected chi connectivity index (χ4v) is 2.40. The maximum absolute atomic E-state index is 13.0. The average Bonchev–Trinajstić information content (AvgIpc) is 2.27. The predicted octanol–water partition coefficient (Wildman–Crippen LogP) is 3.91. The molecule has 2 N–H and O–H groups in total. The average molecular weight is 272 g/mol. The van der Waals surface area contributed by atoms with Crippen molar-refractivity contribution in [2.75, 3.05) is 23.7 Å². The van der Waals surface area contributed by atoms with Crippen molar-refractivity contribution in [3.8, 4) is 0 Å². The Morgan fingerprint density at radius 3 is 2.26 bits per heavy atom. The zero-order valence-electron chi connectivity index (χ0n) is 11.2. The first-order chi connectivity index (χ1) is 8.69. The topological polar surface area (TPSA) is 29.3 Å². The summed E-state index contributed by atoms with van der Waals surface area (Å²) in [4.78, 5) is 1.80. The van der Waals surface area contributed by atoms with Crippen molar-refractivity contribution in [1.82, 2.24) is 0 Å². The van der Waals surface area contributed by atoms with E-state index in [-0.39, 0.29) is 11.1 Å². The summed E-state index contributed by atoms with van der Waals surface area (Å²) in [6.45, 7) is 5.57. The van der Waals surface area contributed by atoms with E-state index in [4.69, 9.17) is 5.73 Å². The van der Waals surface area contributed by atoms with Crippen LogP contribution in [-0.2, 0) is 6.18 Å². The first-order valence-electron chi connectivity index (χ1n) is 6.41. The summed E-state index contributed by atoms with van der Waals surface area (Å²) in [5.74, 6) is 0. The largest absolute Gasteiger partial charge is 0.418 e. The number of nitrogens with two attached hydrogens (primary N) is 1. The normalized spacial score (nSPS) is 19.5. The molecule has 1 aromatic carbocycles. The minimum absolute atomic E-state index is 0.204. The van der Waals surface area contributed by atoms with E-state index >= 15 is 0 Å². The third-order valence-electron chi connectivity index (χ3n) is 3.78. The van der Waals surface area contributed by atoms with Crippen LogP contribution < -0.4 is 10.6 Å². The molecule has 1 fully saturated rings. The van der Waals surface area contributed by atoms with Gasteiger partial charge in [0.05, 0.1) is 11.3 Å². The van der Waals surface area contributed by atoms with Crippen LogP contribution in [0.15, 0.2) is 18.2 Å². The lowest BCUT2D eigenvalue weighted by Gasteiger charge is -2.39. The van der Waals surface area contributed by atoms with Crippen LogP contribution in [0.3, 0.4) is 0 Å². The van der Waals surface area contributed by atoms with Gasteiger partial charge in [-0.2, -0.15) is 13.2 Å². The van der Waals surface area contributed by atoms with Gasteiger partial charge in [0, 0.05) is 18.8 Å². The van der Waals surface area contributed by atoms with Gasteiger partial charge in [-0.15, -0.1) is 0 Å². The second-order valence-electron chi connectivity index (χ2n) is 5.93. The second kappa shape index (κ2) is 4.62. The van der Waals surface area contributed by atoms with Crippen molar-refractivity contribution in [1.29, 1.82) is 0 Å². The lowest BCUT2D eigenvalue weighted by molar-refractivity contribution is -0.137. The molecule has 5 heteroatoms. The highest BCUT2D eigenvalue weighted by atomic mass is 19.4. The number of anilines is 2. The Labute approximate surface area is 111 Å². The van der Waals surface area contributed by atoms with Gasteiger partial charge in [-0.05, 0) is 36.5 Å². The van der Waals surface area contributed by atoms with E-state index in [2.05, 4.69) is 13.8 Å². The molecule has 2 nitrogen and oxygen atoms in total. The van der Waals surface area contributed by atoms with Gasteiger partial charge in [0.1, 0.15) is 0 Å². The Kier molecular flexibility index (Phi) is 3.41. The van der Waals surface area contributed by atoms with E-state index in [1.165, 1.54) is 12.1 Å². The minimum Gasteiger partial charge on any atom is -0.399 e. The van der Waals surface area contributed by atoms with Crippen LogP contribution in [0.25, 0.3) is 0 Å². The number of piperidine rings is 1. The van der Waals surface area contributed by atoms with Gasteiger partial charge in [-0.1, -0.05) is 13.8 Å². The van der Waals surface area contributed by atoms with Crippen molar-refractivity contribution >= 4 is 11.4 Å². The van der Waals surface area contributed by atoms with Crippen molar-refractivity contribution < 1.29 is 13.2 Å². The predicted molar refractivity (Wildman–Crippen MR) is 71.1 cm³/mol. The standard InChI is InChI=1S/C14H19F3N2/c1-13(2)5-7-19(8-6-13)12-9-10(18)3-4-11(12)14(15,16)17/h3-4,9H,5-8,18H2,1-2H3. The van der Waals surface area contributed by atoms with Crippen LogP contribution in [0.4, 0.5) is 24.5 Å². The van der Waals surface area contributed by atoms with Crippen molar-refractivity contribution in [2.24, 2.45) is 5.41 Å². The summed E-state index contributed by atoms with van der Waals surface area (Å²) in [6.07, 6.45) is -2.56. The molecule has 1 aliphatic heterocycles. The first kappa shape index (κ1) is 14.0. The van der Waals surface area contributed by atoms with Gasteiger partial charge in [0.15, 0.2) is 0 Å². The van der Waals surface area contributed by atoms with Gasteiger partial charge in [-0.25, -0.2) is 0 Å². The highest BCUT2D eigenvalue weighted by molar-refractivity contribution is 5.62. The molecule has 2 rings (SSSR count). The fraction of sp³-hybridized carbons (Fsp3) is 0.571. The number of nitrogen functional groups attached to an aromatic ring is 1. The minimum atomic E-state index is -4.34. The highest BCUT2D eigenvalue weighted by Gasteiger charge is 2.36. The molecule has 1 heterocycles. The maximum Gasteiger partial charge on any atom is 0.418 e. The molecule has 0 aromatic heterocycles. The quantitative estimate of drug-likeness (QED) is 0.785. The molecule has 0 aliphatic carbocycles. The second-order valence-corrected chi connectivity index (χ2v) is 5.93. The van der Waals surface area contributed by atoms with Gasteiger partial charge >= 0.3 is 6.18 Å². The summed E-state index contributed by atoms with van der Waals surface area (Å²) in [6, 6.07) is 3.81. The number of nitrogens with zero attached hydrogens (tertiary/aromatic N) is 1. The number of hydrogen-bond donors (Lipinski definition) is 1. The van der Waals surface area contributed by atoms with Crippen LogP contribution in [0.2, 0.25) is 0 Å². The molecule has 1 aliphatic rings. The summed E-state index contributed by atoms with van der Waals surface area (Å²) in [5.41, 5.74) is 5.82.